The van der Waals surface area contributed by atoms with Crippen molar-refractivity contribution in [3.8, 4) is 0 Å². The van der Waals surface area contributed by atoms with Crippen LogP contribution in [0.15, 0.2) is 12.1 Å². The zero-order valence-corrected chi connectivity index (χ0v) is 12.2. The average molecular weight is 327 g/mol. The highest BCUT2D eigenvalue weighted by Crippen LogP contribution is 2.32. The van der Waals surface area contributed by atoms with E-state index in [-0.39, 0.29) is 27.5 Å². The van der Waals surface area contributed by atoms with Crippen LogP contribution < -0.4 is 10.0 Å². The van der Waals surface area contributed by atoms with E-state index in [0.29, 0.717) is 0 Å². The summed E-state index contributed by atoms with van der Waals surface area (Å²) in [6, 6.07) is 1.95. The van der Waals surface area contributed by atoms with Crippen molar-refractivity contribution < 1.29 is 12.8 Å². The van der Waals surface area contributed by atoms with Crippen molar-refractivity contribution in [3.05, 3.63) is 28.0 Å². The van der Waals surface area contributed by atoms with Crippen LogP contribution in [-0.2, 0) is 10.0 Å². The highest BCUT2D eigenvalue weighted by atomic mass is 35.5. The summed E-state index contributed by atoms with van der Waals surface area (Å²) in [5, 5.41) is 2.97. The highest BCUT2D eigenvalue weighted by molar-refractivity contribution is 7.92. The molecule has 19 heavy (non-hydrogen) atoms. The van der Waals surface area contributed by atoms with Crippen LogP contribution in [-0.4, -0.2) is 26.8 Å². The number of anilines is 1. The van der Waals surface area contributed by atoms with Crippen LogP contribution in [0.2, 0.25) is 10.0 Å². The molecule has 4 nitrogen and oxygen atoms in total. The van der Waals surface area contributed by atoms with Gasteiger partial charge in [0.1, 0.15) is 5.82 Å². The van der Waals surface area contributed by atoms with Gasteiger partial charge in [-0.2, -0.15) is 0 Å². The number of nitrogens with one attached hydrogen (secondary N) is 2. The Kier molecular flexibility index (Phi) is 4.55. The van der Waals surface area contributed by atoms with Gasteiger partial charge in [0.05, 0.1) is 21.5 Å². The van der Waals surface area contributed by atoms with Crippen molar-refractivity contribution in [1.82, 2.24) is 5.32 Å². The maximum absolute atomic E-state index is 13.0. The molecule has 0 aromatic heterocycles. The molecule has 1 heterocycles. The minimum absolute atomic E-state index is 0.0164. The second-order valence-corrected chi connectivity index (χ2v) is 7.00. The van der Waals surface area contributed by atoms with E-state index in [1.54, 1.807) is 0 Å². The Balaban J connectivity index is 2.15. The largest absolute Gasteiger partial charge is 0.313 e. The minimum Gasteiger partial charge on any atom is -0.313 e. The van der Waals surface area contributed by atoms with Gasteiger partial charge in [-0.15, -0.1) is 0 Å². The Morgan fingerprint density at radius 2 is 2.00 bits per heavy atom. The Morgan fingerprint density at radius 3 is 2.53 bits per heavy atom. The van der Waals surface area contributed by atoms with Gasteiger partial charge in [-0.25, -0.2) is 12.8 Å². The number of sulfonamides is 1. The second kappa shape index (κ2) is 5.83. The molecule has 0 saturated carbocycles. The van der Waals surface area contributed by atoms with E-state index in [2.05, 4.69) is 10.0 Å². The van der Waals surface area contributed by atoms with Gasteiger partial charge in [0, 0.05) is 6.04 Å². The molecule has 1 aromatic carbocycles. The molecule has 1 unspecified atom stereocenters. The Labute approximate surface area is 121 Å². The van der Waals surface area contributed by atoms with Gasteiger partial charge in [-0.3, -0.25) is 4.72 Å². The number of rotatable bonds is 4. The van der Waals surface area contributed by atoms with E-state index in [9.17, 15) is 12.8 Å². The fraction of sp³-hybridized carbons (Fsp3) is 0.455. The summed E-state index contributed by atoms with van der Waals surface area (Å²) >= 11 is 11.6. The van der Waals surface area contributed by atoms with Gasteiger partial charge < -0.3 is 5.32 Å². The van der Waals surface area contributed by atoms with Crippen LogP contribution >= 0.6 is 23.2 Å². The molecule has 0 spiro atoms. The molecule has 0 radical (unpaired) electrons. The SMILES string of the molecule is O=S(=O)(CC1CCCN1)Nc1c(Cl)cc(F)cc1Cl. The molecule has 0 bridgehead atoms. The molecule has 0 amide bonds. The summed E-state index contributed by atoms with van der Waals surface area (Å²) in [6.45, 7) is 0.818. The minimum atomic E-state index is -3.58. The summed E-state index contributed by atoms with van der Waals surface area (Å²) in [4.78, 5) is 0. The zero-order chi connectivity index (χ0) is 14.0. The third-order valence-electron chi connectivity index (χ3n) is 2.85. The summed E-state index contributed by atoms with van der Waals surface area (Å²) in [5.41, 5.74) is 0.0164. The zero-order valence-electron chi connectivity index (χ0n) is 9.92. The molecule has 1 fully saturated rings. The molecule has 1 aliphatic rings. The van der Waals surface area contributed by atoms with E-state index < -0.39 is 15.8 Å². The topological polar surface area (TPSA) is 58.2 Å². The number of halogens is 3. The lowest BCUT2D eigenvalue weighted by atomic mass is 10.3. The van der Waals surface area contributed by atoms with Gasteiger partial charge in [0.2, 0.25) is 10.0 Å². The van der Waals surface area contributed by atoms with Crippen LogP contribution in [0, 0.1) is 5.82 Å². The molecule has 2 N–H and O–H groups in total. The van der Waals surface area contributed by atoms with E-state index in [4.69, 9.17) is 23.2 Å². The fourth-order valence-corrected chi connectivity index (χ4v) is 4.10. The average Bonchev–Trinajstić information content (AvgIpc) is 2.75. The summed E-state index contributed by atoms with van der Waals surface area (Å²) < 4.78 is 39.3. The summed E-state index contributed by atoms with van der Waals surface area (Å²) in [6.07, 6.45) is 1.77. The van der Waals surface area contributed by atoms with Crippen LogP contribution in [0.4, 0.5) is 10.1 Å². The Bertz CT molecular complexity index is 551. The van der Waals surface area contributed by atoms with Crippen LogP contribution in [0.5, 0.6) is 0 Å². The van der Waals surface area contributed by atoms with Gasteiger partial charge in [0.25, 0.3) is 0 Å². The normalized spacial score (nSPS) is 19.6. The van der Waals surface area contributed by atoms with Gasteiger partial charge in [0.15, 0.2) is 0 Å². The first-order valence-corrected chi connectivity index (χ1v) is 8.16. The second-order valence-electron chi connectivity index (χ2n) is 4.42. The van der Waals surface area contributed by atoms with Crippen LogP contribution in [0.3, 0.4) is 0 Å². The molecule has 2 rings (SSSR count). The van der Waals surface area contributed by atoms with Crippen LogP contribution in [0.1, 0.15) is 12.8 Å². The fourth-order valence-electron chi connectivity index (χ4n) is 2.00. The van der Waals surface area contributed by atoms with Crippen LogP contribution in [0.25, 0.3) is 0 Å². The number of hydrogen-bond acceptors (Lipinski definition) is 3. The van der Waals surface area contributed by atoms with Crippen molar-refractivity contribution in [1.29, 1.82) is 0 Å². The maximum atomic E-state index is 13.0. The third-order valence-corrected chi connectivity index (χ3v) is 4.80. The highest BCUT2D eigenvalue weighted by Gasteiger charge is 2.23. The van der Waals surface area contributed by atoms with E-state index in [1.165, 1.54) is 0 Å². The molecule has 1 aromatic rings. The Hall–Kier alpha value is -0.560. The molecule has 1 saturated heterocycles. The molecule has 1 aliphatic heterocycles. The predicted octanol–water partition coefficient (Wildman–Crippen LogP) is 2.63. The first kappa shape index (κ1) is 14.8. The molecular formula is C11H13Cl2FN2O2S. The van der Waals surface area contributed by atoms with Crippen molar-refractivity contribution in [2.75, 3.05) is 17.0 Å². The van der Waals surface area contributed by atoms with Gasteiger partial charge in [-0.1, -0.05) is 23.2 Å². The van der Waals surface area contributed by atoms with Crippen molar-refractivity contribution in [2.24, 2.45) is 0 Å². The number of benzene rings is 1. The first-order valence-electron chi connectivity index (χ1n) is 5.76. The smallest absolute Gasteiger partial charge is 0.234 e. The van der Waals surface area contributed by atoms with E-state index in [1.807, 2.05) is 0 Å². The lowest BCUT2D eigenvalue weighted by molar-refractivity contribution is 0.581. The molecule has 1 atom stereocenters. The van der Waals surface area contributed by atoms with E-state index >= 15 is 0 Å². The van der Waals surface area contributed by atoms with Gasteiger partial charge in [-0.05, 0) is 31.5 Å². The van der Waals surface area contributed by atoms with Crippen molar-refractivity contribution in [2.45, 2.75) is 18.9 Å². The van der Waals surface area contributed by atoms with E-state index in [0.717, 1.165) is 31.5 Å². The third kappa shape index (κ3) is 3.95. The molecule has 8 heteroatoms. The lowest BCUT2D eigenvalue weighted by Gasteiger charge is -2.14. The lowest BCUT2D eigenvalue weighted by Crippen LogP contribution is -2.32. The monoisotopic (exact) mass is 326 g/mol. The standard InChI is InChI=1S/C11H13Cl2FN2O2S/c12-9-4-7(14)5-10(13)11(9)16-19(17,18)6-8-2-1-3-15-8/h4-5,8,15-16H,1-3,6H2. The van der Waals surface area contributed by atoms with Gasteiger partial charge >= 0.3 is 0 Å². The quantitative estimate of drug-likeness (QED) is 0.894. The predicted molar refractivity (Wildman–Crippen MR) is 74.9 cm³/mol. The molecule has 0 aliphatic carbocycles. The first-order chi connectivity index (χ1) is 8.87. The van der Waals surface area contributed by atoms with Crippen molar-refractivity contribution in [3.63, 3.8) is 0 Å². The molecular weight excluding hydrogens is 314 g/mol. The number of hydrogen-bond donors (Lipinski definition) is 2. The summed E-state index contributed by atoms with van der Waals surface area (Å²) in [7, 11) is -3.58. The Morgan fingerprint density at radius 1 is 1.37 bits per heavy atom. The van der Waals surface area contributed by atoms with Crippen molar-refractivity contribution >= 4 is 38.9 Å². The molecule has 106 valence electrons. The maximum Gasteiger partial charge on any atom is 0.234 e. The summed E-state index contributed by atoms with van der Waals surface area (Å²) in [5.74, 6) is -0.674.